The summed E-state index contributed by atoms with van der Waals surface area (Å²) in [4.78, 5) is 41.4. The molecule has 0 aromatic rings. The van der Waals surface area contributed by atoms with Crippen LogP contribution < -0.4 is 0 Å². The summed E-state index contributed by atoms with van der Waals surface area (Å²) < 4.78 is 59.7. The second-order valence-corrected chi connectivity index (χ2v) is 28.1. The van der Waals surface area contributed by atoms with E-state index in [2.05, 4.69) is 33.8 Å². The number of carboxylic acid groups (broad SMARTS) is 2. The van der Waals surface area contributed by atoms with Crippen LogP contribution in [-0.4, -0.2) is 261 Å². The number of rotatable bonds is 12. The highest BCUT2D eigenvalue weighted by molar-refractivity contribution is 5.79. The van der Waals surface area contributed by atoms with E-state index in [1.54, 1.807) is 0 Å². The van der Waals surface area contributed by atoms with Crippen molar-refractivity contribution in [2.75, 3.05) is 13.2 Å². The minimum Gasteiger partial charge on any atom is -0.481 e. The Morgan fingerprint density at radius 1 is 0.523 bits per heavy atom. The van der Waals surface area contributed by atoms with Crippen LogP contribution in [0.1, 0.15) is 113 Å². The Bertz CT molecular complexity index is 2520. The lowest BCUT2D eigenvalue weighted by Gasteiger charge is -2.71. The molecule has 0 amide bonds. The zero-order chi connectivity index (χ0) is 63.0. The summed E-state index contributed by atoms with van der Waals surface area (Å²) >= 11 is 0. The van der Waals surface area contributed by atoms with Gasteiger partial charge in [-0.05, 0) is 118 Å². The monoisotopic (exact) mass is 1230 g/mol. The van der Waals surface area contributed by atoms with Gasteiger partial charge in [-0.2, -0.15) is 0 Å². The molecule has 0 spiro atoms. The standard InChI is InChI=1S/C58H90O28/c1-21-30(62)34(66)43(84-49-39(71)41(82-47-37(69)32(64)27(61)20-78-47)40(22(2)80-49)81-46-36(68)31(63)26(60)19-77-46)50(79-21)86-52(76)58-15-13-53(3,4)17-24(58)23-9-10-28-54(5)18-25(59)44(85-48-38(70)33(65)35(67)42(83-48)45(72)73)57(8,51(74)75)29(54)11-12-56(28,7)55(23,6)14-16-58/h9,21-22,24-44,46-50,59-71H,10-20H2,1-8H3,(H,72,73)(H,74,75)/t21-,22-,24-,25-,26+,27+,28+,29+,30-,31-,32-,33-,34+,35-,36+,37+,38+,39+,40-,41-,42-,43+,44-,46+,47+,48-,49-,50-,54+,55+,56+,57-,58-/m0/s1. The van der Waals surface area contributed by atoms with Crippen molar-refractivity contribution in [3.8, 4) is 0 Å². The number of hydrogen-bond acceptors (Lipinski definition) is 26. The van der Waals surface area contributed by atoms with E-state index in [4.69, 9.17) is 47.4 Å². The van der Waals surface area contributed by atoms with Gasteiger partial charge >= 0.3 is 17.9 Å². The van der Waals surface area contributed by atoms with E-state index < -0.39 is 224 Å². The third kappa shape index (κ3) is 10.7. The molecule has 0 radical (unpaired) electrons. The molecule has 10 aliphatic rings. The lowest BCUT2D eigenvalue weighted by molar-refractivity contribution is -0.390. The van der Waals surface area contributed by atoms with Crippen LogP contribution >= 0.6 is 0 Å². The highest BCUT2D eigenvalue weighted by Crippen LogP contribution is 2.76. The number of carbonyl (C=O) groups is 3. The summed E-state index contributed by atoms with van der Waals surface area (Å²) in [7, 11) is 0. The van der Waals surface area contributed by atoms with Crippen molar-refractivity contribution in [1.82, 2.24) is 0 Å². The average molecular weight is 1240 g/mol. The number of allylic oxidation sites excluding steroid dienone is 2. The maximum atomic E-state index is 15.6. The van der Waals surface area contributed by atoms with E-state index in [9.17, 15) is 86.2 Å². The molecule has 0 aromatic carbocycles. The van der Waals surface area contributed by atoms with Crippen LogP contribution in [0.25, 0.3) is 0 Å². The number of carboxylic acids is 2. The molecule has 28 heteroatoms. The van der Waals surface area contributed by atoms with Crippen molar-refractivity contribution in [3.63, 3.8) is 0 Å². The van der Waals surface area contributed by atoms with Gasteiger partial charge in [-0.15, -0.1) is 0 Å². The highest BCUT2D eigenvalue weighted by Gasteiger charge is 2.73. The molecule has 5 aliphatic heterocycles. The number of esters is 1. The largest absolute Gasteiger partial charge is 0.481 e. The first-order valence-electron chi connectivity index (χ1n) is 30.1. The Morgan fingerprint density at radius 3 is 1.69 bits per heavy atom. The molecule has 28 nitrogen and oxygen atoms in total. The number of hydrogen-bond donors (Lipinski definition) is 15. The predicted molar refractivity (Wildman–Crippen MR) is 285 cm³/mol. The van der Waals surface area contributed by atoms with Crippen molar-refractivity contribution in [2.45, 2.75) is 267 Å². The molecule has 86 heavy (non-hydrogen) atoms. The van der Waals surface area contributed by atoms with Crippen molar-refractivity contribution < 1.29 is 138 Å². The number of aliphatic hydroxyl groups is 13. The molecule has 0 unspecified atom stereocenters. The van der Waals surface area contributed by atoms with Crippen LogP contribution in [-0.2, 0) is 61.8 Å². The van der Waals surface area contributed by atoms with Crippen LogP contribution in [0, 0.1) is 50.2 Å². The molecular formula is C58H90O28. The van der Waals surface area contributed by atoms with E-state index in [0.29, 0.717) is 51.4 Å². The maximum absolute atomic E-state index is 15.6. The fraction of sp³-hybridized carbons (Fsp3) is 0.914. The molecule has 5 heterocycles. The SMILES string of the molecule is C[C@@H]1O[C@@H](OC(=O)[C@]23CCC(C)(C)C[C@H]2C2=CC[C@@H]4[C@@]5(C)C[C@H](O)[C@H](O[C@@H]6O[C@H](C(=O)O)[C@@H](O)[C@H](O)[C@H]6O)[C@@](C)(C(=O)O)[C@@H]5CC[C@@]4(C)[C@]2(C)CC3)[C@H](O[C@@H]2O[C@@H](C)[C@H](O[C@H]3OC[C@@H](O)[C@H](O)[C@H]3O)[C@@H](O[C@H]3OC[C@@H](O)[C@H](O)[C@H]3O)[C@H]2O)[C@H](O)[C@H]1O. The second kappa shape index (κ2) is 23.7. The summed E-state index contributed by atoms with van der Waals surface area (Å²) in [5, 5.41) is 163. The third-order valence-electron chi connectivity index (χ3n) is 22.7. The highest BCUT2D eigenvalue weighted by atomic mass is 16.8. The Kier molecular flexibility index (Phi) is 18.3. The van der Waals surface area contributed by atoms with E-state index in [-0.39, 0.29) is 17.8 Å². The van der Waals surface area contributed by atoms with E-state index in [1.165, 1.54) is 20.8 Å². The summed E-state index contributed by atoms with van der Waals surface area (Å²) in [6.07, 6.45) is -37.2. The zero-order valence-electron chi connectivity index (χ0n) is 49.5. The lowest BCUT2D eigenvalue weighted by atomic mass is 9.33. The van der Waals surface area contributed by atoms with Crippen LogP contribution in [0.5, 0.6) is 0 Å². The van der Waals surface area contributed by atoms with Crippen LogP contribution in [0.3, 0.4) is 0 Å². The fourth-order valence-electron chi connectivity index (χ4n) is 17.4. The maximum Gasteiger partial charge on any atom is 0.335 e. The van der Waals surface area contributed by atoms with E-state index in [0.717, 1.165) is 5.57 Å². The minimum atomic E-state index is -2.03. The molecule has 0 bridgehead atoms. The Labute approximate surface area is 496 Å². The molecule has 9 fully saturated rings. The first-order chi connectivity index (χ1) is 40.1. The van der Waals surface area contributed by atoms with Crippen molar-refractivity contribution in [2.24, 2.45) is 50.2 Å². The smallest absolute Gasteiger partial charge is 0.335 e. The van der Waals surface area contributed by atoms with Gasteiger partial charge in [0.25, 0.3) is 0 Å². The first kappa shape index (κ1) is 66.2. The molecule has 15 N–H and O–H groups in total. The summed E-state index contributed by atoms with van der Waals surface area (Å²) in [5.41, 5.74) is -4.34. The van der Waals surface area contributed by atoms with Gasteiger partial charge in [0.1, 0.15) is 91.6 Å². The van der Waals surface area contributed by atoms with Gasteiger partial charge in [-0.25, -0.2) is 4.79 Å². The lowest BCUT2D eigenvalue weighted by Crippen LogP contribution is -2.70. The number of aliphatic hydroxyl groups excluding tert-OH is 13. The Balaban J connectivity index is 0.916. The summed E-state index contributed by atoms with van der Waals surface area (Å²) in [6, 6.07) is 0. The van der Waals surface area contributed by atoms with Gasteiger partial charge in [-0.1, -0.05) is 46.3 Å². The van der Waals surface area contributed by atoms with Crippen molar-refractivity contribution >= 4 is 17.9 Å². The average Bonchev–Trinajstić information content (AvgIpc) is 0.693. The van der Waals surface area contributed by atoms with Crippen molar-refractivity contribution in [3.05, 3.63) is 11.6 Å². The molecule has 5 saturated heterocycles. The molecule has 10 rings (SSSR count). The van der Waals surface area contributed by atoms with Crippen molar-refractivity contribution in [1.29, 1.82) is 0 Å². The van der Waals surface area contributed by atoms with E-state index >= 15 is 4.79 Å². The van der Waals surface area contributed by atoms with Gasteiger partial charge in [0.2, 0.25) is 6.29 Å². The quantitative estimate of drug-likeness (QED) is 0.0535. The van der Waals surface area contributed by atoms with Crippen LogP contribution in [0.2, 0.25) is 0 Å². The number of ether oxygens (including phenoxy) is 10. The Morgan fingerprint density at radius 2 is 1.08 bits per heavy atom. The molecule has 490 valence electrons. The van der Waals surface area contributed by atoms with E-state index in [1.807, 2.05) is 6.92 Å². The predicted octanol–water partition coefficient (Wildman–Crippen LogP) is -2.75. The number of carbonyl (C=O) groups excluding carboxylic acids is 1. The first-order valence-corrected chi connectivity index (χ1v) is 30.1. The summed E-state index contributed by atoms with van der Waals surface area (Å²) in [6.45, 7) is 14.0. The van der Waals surface area contributed by atoms with Gasteiger partial charge in [0.15, 0.2) is 37.4 Å². The molecular weight excluding hydrogens is 1140 g/mol. The van der Waals surface area contributed by atoms with Gasteiger partial charge in [0, 0.05) is 0 Å². The number of aliphatic carboxylic acids is 2. The Hall–Kier alpha value is -2.73. The minimum absolute atomic E-state index is 0.0325. The van der Waals surface area contributed by atoms with Gasteiger partial charge < -0.3 is 124 Å². The third-order valence-corrected chi connectivity index (χ3v) is 22.7. The summed E-state index contributed by atoms with van der Waals surface area (Å²) in [5.74, 6) is -4.97. The van der Waals surface area contributed by atoms with Crippen LogP contribution in [0.15, 0.2) is 11.6 Å². The second-order valence-electron chi connectivity index (χ2n) is 28.1. The normalized spacial score (nSPS) is 54.6. The number of fused-ring (bicyclic) bond motifs is 7. The zero-order valence-corrected chi connectivity index (χ0v) is 49.5. The molecule has 33 atom stereocenters. The fourth-order valence-corrected chi connectivity index (χ4v) is 17.4. The van der Waals surface area contributed by atoms with Gasteiger partial charge in [-0.3, -0.25) is 9.59 Å². The topological polar surface area (TPSA) is 447 Å². The van der Waals surface area contributed by atoms with Gasteiger partial charge in [0.05, 0.1) is 42.4 Å². The molecule has 4 saturated carbocycles. The molecule has 0 aromatic heterocycles. The van der Waals surface area contributed by atoms with Crippen LogP contribution in [0.4, 0.5) is 0 Å². The molecule has 5 aliphatic carbocycles.